The minimum Gasteiger partial charge on any atom is -0.489 e. The summed E-state index contributed by atoms with van der Waals surface area (Å²) in [6.07, 6.45) is 10.6. The predicted octanol–water partition coefficient (Wildman–Crippen LogP) is 8.40. The number of nitrogens with zero attached hydrogens (tertiary/aromatic N) is 1. The molecule has 0 radical (unpaired) electrons. The number of aliphatic hydroxyl groups is 1. The van der Waals surface area contributed by atoms with Gasteiger partial charge in [-0.05, 0) is 68.3 Å². The van der Waals surface area contributed by atoms with Crippen molar-refractivity contribution < 1.29 is 14.6 Å². The zero-order valence-electron chi connectivity index (χ0n) is 22.2. The van der Waals surface area contributed by atoms with E-state index in [2.05, 4.69) is 23.3 Å². The summed E-state index contributed by atoms with van der Waals surface area (Å²) < 4.78 is 11.7. The van der Waals surface area contributed by atoms with Gasteiger partial charge in [-0.15, -0.1) is 0 Å². The van der Waals surface area contributed by atoms with Crippen molar-refractivity contribution >= 4 is 34.7 Å². The Morgan fingerprint density at radius 3 is 2.47 bits per heavy atom. The van der Waals surface area contributed by atoms with Crippen LogP contribution in [0.15, 0.2) is 77.9 Å². The second-order valence-corrected chi connectivity index (χ2v) is 7.50. The molecule has 0 saturated carbocycles. The summed E-state index contributed by atoms with van der Waals surface area (Å²) in [4.78, 5) is 4.63. The zero-order valence-corrected chi connectivity index (χ0v) is 23.7. The topological polar surface area (TPSA) is 63.6 Å². The van der Waals surface area contributed by atoms with Gasteiger partial charge < -0.3 is 19.9 Å². The van der Waals surface area contributed by atoms with Crippen LogP contribution in [0.25, 0.3) is 5.70 Å². The van der Waals surface area contributed by atoms with Crippen LogP contribution in [-0.4, -0.2) is 30.4 Å². The molecule has 1 heterocycles. The molecular weight excluding hydrogens is 495 g/mol. The molecule has 0 aliphatic heterocycles. The van der Waals surface area contributed by atoms with Gasteiger partial charge in [0.1, 0.15) is 18.2 Å². The lowest BCUT2D eigenvalue weighted by Gasteiger charge is -2.17. The van der Waals surface area contributed by atoms with Gasteiger partial charge in [0, 0.05) is 29.8 Å². The monoisotopic (exact) mass is 534 g/mol. The van der Waals surface area contributed by atoms with Gasteiger partial charge >= 0.3 is 0 Å². The Morgan fingerprint density at radius 1 is 1.08 bits per heavy atom. The molecular formula is C29H40Cl2N2O3. The van der Waals surface area contributed by atoms with E-state index < -0.39 is 0 Å². The highest BCUT2D eigenvalue weighted by molar-refractivity contribution is 6.30. The summed E-state index contributed by atoms with van der Waals surface area (Å²) in [5, 5.41) is 11.0. The van der Waals surface area contributed by atoms with Gasteiger partial charge in [-0.25, -0.2) is 4.98 Å². The SMILES string of the molecule is C/C=C\C=C(/CC)COc1ccc(Cl)cc1/C(=C/C=C/Cl)Nc1cccc(COCC)n1.CC.CO. The van der Waals surface area contributed by atoms with E-state index in [1.54, 1.807) is 6.08 Å². The normalized spacial score (nSPS) is 11.6. The number of ether oxygens (including phenoxy) is 2. The summed E-state index contributed by atoms with van der Waals surface area (Å²) in [6.45, 7) is 11.6. The lowest BCUT2D eigenvalue weighted by Crippen LogP contribution is -2.07. The molecule has 0 amide bonds. The molecule has 0 aliphatic carbocycles. The van der Waals surface area contributed by atoms with Crippen molar-refractivity contribution in [3.8, 4) is 5.75 Å². The maximum atomic E-state index is 7.00. The lowest BCUT2D eigenvalue weighted by molar-refractivity contribution is 0.131. The molecule has 1 aromatic carbocycles. The summed E-state index contributed by atoms with van der Waals surface area (Å²) in [6, 6.07) is 11.3. The molecule has 1 aromatic heterocycles. The number of hydrogen-bond donors (Lipinski definition) is 2. The number of pyridine rings is 1. The number of benzene rings is 1. The van der Waals surface area contributed by atoms with Crippen LogP contribution in [0.2, 0.25) is 5.02 Å². The first kappa shape index (κ1) is 33.4. The average molecular weight is 536 g/mol. The highest BCUT2D eigenvalue weighted by Crippen LogP contribution is 2.31. The smallest absolute Gasteiger partial charge is 0.130 e. The first-order valence-corrected chi connectivity index (χ1v) is 12.9. The lowest BCUT2D eigenvalue weighted by atomic mass is 10.1. The van der Waals surface area contributed by atoms with Gasteiger partial charge in [-0.2, -0.15) is 0 Å². The Labute approximate surface area is 227 Å². The van der Waals surface area contributed by atoms with Crippen molar-refractivity contribution in [1.29, 1.82) is 0 Å². The van der Waals surface area contributed by atoms with E-state index in [-0.39, 0.29) is 0 Å². The average Bonchev–Trinajstić information content (AvgIpc) is 2.93. The second kappa shape index (κ2) is 21.7. The molecule has 0 atom stereocenters. The first-order chi connectivity index (χ1) is 17.6. The van der Waals surface area contributed by atoms with Crippen LogP contribution in [-0.2, 0) is 11.3 Å². The van der Waals surface area contributed by atoms with Crippen molar-refractivity contribution in [1.82, 2.24) is 4.98 Å². The van der Waals surface area contributed by atoms with Gasteiger partial charge in [-0.3, -0.25) is 0 Å². The fourth-order valence-electron chi connectivity index (χ4n) is 2.81. The van der Waals surface area contributed by atoms with Crippen molar-refractivity contribution in [2.45, 2.75) is 47.6 Å². The van der Waals surface area contributed by atoms with Crippen LogP contribution in [0.5, 0.6) is 5.75 Å². The largest absolute Gasteiger partial charge is 0.489 e. The highest BCUT2D eigenvalue weighted by Gasteiger charge is 2.12. The second-order valence-electron chi connectivity index (χ2n) is 6.81. The van der Waals surface area contributed by atoms with E-state index in [4.69, 9.17) is 37.8 Å². The quantitative estimate of drug-likeness (QED) is 0.267. The van der Waals surface area contributed by atoms with E-state index in [9.17, 15) is 0 Å². The highest BCUT2D eigenvalue weighted by atomic mass is 35.5. The molecule has 0 aliphatic rings. The van der Waals surface area contributed by atoms with Crippen LogP contribution in [0.1, 0.15) is 52.3 Å². The fourth-order valence-corrected chi connectivity index (χ4v) is 3.06. The third-order valence-electron chi connectivity index (χ3n) is 4.48. The van der Waals surface area contributed by atoms with Gasteiger partial charge in [0.25, 0.3) is 0 Å². The molecule has 5 nitrogen and oxygen atoms in total. The van der Waals surface area contributed by atoms with E-state index in [1.807, 2.05) is 82.3 Å². The number of aromatic nitrogens is 1. The third kappa shape index (κ3) is 12.9. The predicted molar refractivity (Wildman–Crippen MR) is 156 cm³/mol. The fraction of sp³-hybridized carbons (Fsp3) is 0.345. The van der Waals surface area contributed by atoms with Gasteiger partial charge in [0.15, 0.2) is 0 Å². The molecule has 2 rings (SSSR count). The Morgan fingerprint density at radius 2 is 1.83 bits per heavy atom. The number of anilines is 1. The summed E-state index contributed by atoms with van der Waals surface area (Å²) in [5.41, 5.74) is 5.05. The molecule has 198 valence electrons. The van der Waals surface area contributed by atoms with Gasteiger partial charge in [0.05, 0.1) is 18.0 Å². The van der Waals surface area contributed by atoms with E-state index in [0.717, 1.165) is 30.5 Å². The van der Waals surface area contributed by atoms with Crippen molar-refractivity contribution in [2.75, 3.05) is 25.6 Å². The van der Waals surface area contributed by atoms with Crippen LogP contribution in [0, 0.1) is 0 Å². The number of hydrogen-bond acceptors (Lipinski definition) is 5. The molecule has 36 heavy (non-hydrogen) atoms. The molecule has 2 aromatic rings. The molecule has 7 heteroatoms. The van der Waals surface area contributed by atoms with Crippen molar-refractivity contribution in [3.63, 3.8) is 0 Å². The Kier molecular flexibility index (Phi) is 20.1. The molecule has 0 unspecified atom stereocenters. The number of aliphatic hydroxyl groups excluding tert-OH is 1. The Balaban J connectivity index is 0.00000291. The van der Waals surface area contributed by atoms with Gasteiger partial charge in [-0.1, -0.05) is 68.3 Å². The molecule has 0 bridgehead atoms. The Hall–Kier alpha value is -2.57. The van der Waals surface area contributed by atoms with Crippen molar-refractivity contribution in [3.05, 3.63) is 94.2 Å². The van der Waals surface area contributed by atoms with Crippen LogP contribution >= 0.6 is 23.2 Å². The number of halogens is 2. The number of allylic oxidation sites excluding steroid dienone is 5. The summed E-state index contributed by atoms with van der Waals surface area (Å²) in [7, 11) is 1.00. The number of nitrogens with one attached hydrogen (secondary N) is 1. The molecule has 2 N–H and O–H groups in total. The minimum atomic E-state index is 0.455. The van der Waals surface area contributed by atoms with E-state index >= 15 is 0 Å². The first-order valence-electron chi connectivity index (χ1n) is 12.1. The zero-order chi connectivity index (χ0) is 27.2. The molecule has 0 spiro atoms. The summed E-state index contributed by atoms with van der Waals surface area (Å²) in [5.74, 6) is 1.39. The Bertz CT molecular complexity index is 986. The number of rotatable bonds is 12. The maximum absolute atomic E-state index is 7.00. The maximum Gasteiger partial charge on any atom is 0.130 e. The van der Waals surface area contributed by atoms with Crippen LogP contribution in [0.4, 0.5) is 5.82 Å². The van der Waals surface area contributed by atoms with Crippen molar-refractivity contribution in [2.24, 2.45) is 0 Å². The van der Waals surface area contributed by atoms with Crippen LogP contribution < -0.4 is 10.1 Å². The van der Waals surface area contributed by atoms with Gasteiger partial charge in [0.2, 0.25) is 0 Å². The molecule has 0 fully saturated rings. The molecule has 0 saturated heterocycles. The third-order valence-corrected chi connectivity index (χ3v) is 4.86. The van der Waals surface area contributed by atoms with Crippen LogP contribution in [0.3, 0.4) is 0 Å². The minimum absolute atomic E-state index is 0.455. The standard InChI is InChI=1S/C26H30Cl2N2O2.C2H6.CH4O/c1-4-7-10-20(5-2)18-32-25-15-14-21(28)17-23(25)24(12-9-16-27)30-26-13-8-11-22(29-26)19-31-6-3;2*1-2/h4,7-17H,5-6,18-19H2,1-3H3,(H,29,30);1-2H3;2H,1H3/b7-4-,16-9+,20-10+,24-12-;;. The van der Waals surface area contributed by atoms with E-state index in [0.29, 0.717) is 36.4 Å². The van der Waals surface area contributed by atoms with E-state index in [1.165, 1.54) is 11.1 Å². The summed E-state index contributed by atoms with van der Waals surface area (Å²) >= 11 is 12.1.